The molecule has 0 atom stereocenters. The van der Waals surface area contributed by atoms with E-state index in [0.717, 1.165) is 48.4 Å². The largest absolute Gasteiger partial charge is 0.355 e. The van der Waals surface area contributed by atoms with Gasteiger partial charge in [-0.05, 0) is 65.9 Å². The Hall–Kier alpha value is -3.14. The van der Waals surface area contributed by atoms with Crippen LogP contribution < -0.4 is 10.2 Å². The molecule has 0 aliphatic carbocycles. The predicted molar refractivity (Wildman–Crippen MR) is 120 cm³/mol. The van der Waals surface area contributed by atoms with Gasteiger partial charge in [-0.3, -0.25) is 4.79 Å². The maximum Gasteiger partial charge on any atom is 0.229 e. The first-order valence-electron chi connectivity index (χ1n) is 10.7. The molecule has 1 aromatic carbocycles. The van der Waals surface area contributed by atoms with Gasteiger partial charge >= 0.3 is 0 Å². The summed E-state index contributed by atoms with van der Waals surface area (Å²) in [5.74, 6) is 0.845. The van der Waals surface area contributed by atoms with Crippen molar-refractivity contribution in [3.63, 3.8) is 0 Å². The summed E-state index contributed by atoms with van der Waals surface area (Å²) in [5.41, 5.74) is 2.89. The van der Waals surface area contributed by atoms with Crippen molar-refractivity contribution in [2.75, 3.05) is 23.3 Å². The van der Waals surface area contributed by atoms with E-state index in [1.165, 1.54) is 23.0 Å². The van der Waals surface area contributed by atoms with Gasteiger partial charge < -0.3 is 10.2 Å². The molecule has 5 rings (SSSR count). The van der Waals surface area contributed by atoms with Gasteiger partial charge in [-0.15, -0.1) is 14.8 Å². The minimum Gasteiger partial charge on any atom is -0.355 e. The van der Waals surface area contributed by atoms with E-state index < -0.39 is 0 Å². The molecule has 10 heteroatoms. The molecule has 1 saturated heterocycles. The van der Waals surface area contributed by atoms with E-state index in [4.69, 9.17) is 0 Å². The van der Waals surface area contributed by atoms with Crippen LogP contribution in [0.2, 0.25) is 0 Å². The van der Waals surface area contributed by atoms with Gasteiger partial charge in [0.15, 0.2) is 16.6 Å². The van der Waals surface area contributed by atoms with Gasteiger partial charge in [0.05, 0.1) is 10.2 Å². The standard InChI is InChI=1S/C21H24N8OS/c1-2-3-4-14-5-6-16-17(13-14)31-21(22-16)23-20(30)15-9-11-28(12-10-15)19-8-7-18-24-26-27-29(18)25-19/h5-8,13,15H,2-4,9-12H2,1H3,(H,22,23,30). The van der Waals surface area contributed by atoms with Crippen molar-refractivity contribution in [1.29, 1.82) is 0 Å². The molecule has 4 heterocycles. The van der Waals surface area contributed by atoms with Crippen LogP contribution in [0.25, 0.3) is 15.9 Å². The van der Waals surface area contributed by atoms with Gasteiger partial charge in [0.1, 0.15) is 0 Å². The van der Waals surface area contributed by atoms with Gasteiger partial charge in [-0.1, -0.05) is 30.7 Å². The number of fused-ring (bicyclic) bond motifs is 2. The third kappa shape index (κ3) is 4.20. The zero-order valence-electron chi connectivity index (χ0n) is 17.4. The van der Waals surface area contributed by atoms with Crippen molar-refractivity contribution in [2.24, 2.45) is 5.92 Å². The van der Waals surface area contributed by atoms with E-state index in [1.54, 1.807) is 11.3 Å². The Morgan fingerprint density at radius 3 is 2.94 bits per heavy atom. The molecule has 1 aliphatic rings. The number of piperidine rings is 1. The summed E-state index contributed by atoms with van der Waals surface area (Å²) < 4.78 is 2.55. The lowest BCUT2D eigenvalue weighted by Gasteiger charge is -2.31. The molecule has 1 fully saturated rings. The minimum absolute atomic E-state index is 0.0276. The highest BCUT2D eigenvalue weighted by atomic mass is 32.1. The van der Waals surface area contributed by atoms with Crippen LogP contribution in [-0.2, 0) is 11.2 Å². The van der Waals surface area contributed by atoms with E-state index in [2.05, 4.69) is 60.9 Å². The SMILES string of the molecule is CCCCc1ccc2nc(NC(=O)C3CCN(c4ccc5nnnn5n4)CC3)sc2c1. The third-order valence-electron chi connectivity index (χ3n) is 5.75. The molecule has 0 unspecified atom stereocenters. The van der Waals surface area contributed by atoms with Crippen molar-refractivity contribution in [3.8, 4) is 0 Å². The highest BCUT2D eigenvalue weighted by Gasteiger charge is 2.26. The summed E-state index contributed by atoms with van der Waals surface area (Å²) >= 11 is 1.55. The van der Waals surface area contributed by atoms with Gasteiger partial charge in [-0.25, -0.2) is 4.98 Å². The van der Waals surface area contributed by atoms with Crippen LogP contribution in [0.1, 0.15) is 38.2 Å². The normalized spacial score (nSPS) is 15.1. The molecule has 1 N–H and O–H groups in total. The number of amides is 1. The summed E-state index contributed by atoms with van der Waals surface area (Å²) in [6.45, 7) is 3.73. The van der Waals surface area contributed by atoms with Crippen molar-refractivity contribution < 1.29 is 4.79 Å². The second-order valence-electron chi connectivity index (χ2n) is 7.89. The summed E-state index contributed by atoms with van der Waals surface area (Å²) in [5, 5.41) is 19.5. The number of hydrogen-bond acceptors (Lipinski definition) is 8. The molecule has 3 aromatic heterocycles. The molecule has 1 amide bonds. The Kier molecular flexibility index (Phi) is 5.46. The van der Waals surface area contributed by atoms with E-state index >= 15 is 0 Å². The lowest BCUT2D eigenvalue weighted by atomic mass is 9.96. The highest BCUT2D eigenvalue weighted by molar-refractivity contribution is 7.22. The van der Waals surface area contributed by atoms with E-state index in [1.807, 2.05) is 12.1 Å². The molecular weight excluding hydrogens is 412 g/mol. The van der Waals surface area contributed by atoms with Gasteiger partial charge in [0.25, 0.3) is 0 Å². The summed E-state index contributed by atoms with van der Waals surface area (Å²) in [4.78, 5) is 19.6. The van der Waals surface area contributed by atoms with Crippen molar-refractivity contribution >= 4 is 44.1 Å². The number of nitrogens with zero attached hydrogens (tertiary/aromatic N) is 7. The topological polar surface area (TPSA) is 101 Å². The number of benzene rings is 1. The molecule has 160 valence electrons. The van der Waals surface area contributed by atoms with E-state index in [-0.39, 0.29) is 11.8 Å². The fourth-order valence-electron chi connectivity index (χ4n) is 3.95. The predicted octanol–water partition coefficient (Wildman–Crippen LogP) is 3.33. The first-order chi connectivity index (χ1) is 15.2. The molecule has 31 heavy (non-hydrogen) atoms. The highest BCUT2D eigenvalue weighted by Crippen LogP contribution is 2.29. The number of rotatable bonds is 6. The van der Waals surface area contributed by atoms with Crippen molar-refractivity contribution in [2.45, 2.75) is 39.0 Å². The Labute approximate surface area is 183 Å². The summed E-state index contributed by atoms with van der Waals surface area (Å²) in [6.07, 6.45) is 5.00. The number of hydrogen-bond donors (Lipinski definition) is 1. The molecule has 0 bridgehead atoms. The van der Waals surface area contributed by atoms with E-state index in [0.29, 0.717) is 10.8 Å². The van der Waals surface area contributed by atoms with Crippen LogP contribution in [0.15, 0.2) is 30.3 Å². The molecular formula is C21H24N8OS. The van der Waals surface area contributed by atoms with Gasteiger partial charge in [0.2, 0.25) is 5.91 Å². The Bertz CT molecular complexity index is 1210. The number of anilines is 2. The van der Waals surface area contributed by atoms with Crippen LogP contribution in [0.5, 0.6) is 0 Å². The fraction of sp³-hybridized carbons (Fsp3) is 0.429. The number of tetrazole rings is 1. The first kappa shape index (κ1) is 19.8. The summed E-state index contributed by atoms with van der Waals surface area (Å²) in [7, 11) is 0. The number of nitrogens with one attached hydrogen (secondary N) is 1. The number of aromatic nitrogens is 6. The Balaban J connectivity index is 1.20. The van der Waals surface area contributed by atoms with Gasteiger partial charge in [-0.2, -0.15) is 0 Å². The second-order valence-corrected chi connectivity index (χ2v) is 8.92. The number of carbonyl (C=O) groups excluding carboxylic acids is 1. The maximum absolute atomic E-state index is 12.8. The zero-order chi connectivity index (χ0) is 21.2. The lowest BCUT2D eigenvalue weighted by molar-refractivity contribution is -0.120. The van der Waals surface area contributed by atoms with Crippen molar-refractivity contribution in [3.05, 3.63) is 35.9 Å². The van der Waals surface area contributed by atoms with Gasteiger partial charge in [0, 0.05) is 19.0 Å². The molecule has 0 spiro atoms. The zero-order valence-corrected chi connectivity index (χ0v) is 18.2. The quantitative estimate of drug-likeness (QED) is 0.495. The number of carbonyl (C=O) groups is 1. The van der Waals surface area contributed by atoms with Crippen LogP contribution in [0.3, 0.4) is 0 Å². The smallest absolute Gasteiger partial charge is 0.229 e. The Morgan fingerprint density at radius 2 is 2.10 bits per heavy atom. The van der Waals surface area contributed by atoms with Crippen LogP contribution in [0, 0.1) is 5.92 Å². The van der Waals surface area contributed by atoms with E-state index in [9.17, 15) is 4.79 Å². The maximum atomic E-state index is 12.8. The average molecular weight is 437 g/mol. The van der Waals surface area contributed by atoms with Crippen LogP contribution >= 0.6 is 11.3 Å². The monoisotopic (exact) mass is 436 g/mol. The number of unbranched alkanes of at least 4 members (excludes halogenated alkanes) is 1. The molecule has 0 radical (unpaired) electrons. The van der Waals surface area contributed by atoms with Crippen molar-refractivity contribution in [1.82, 2.24) is 30.2 Å². The summed E-state index contributed by atoms with van der Waals surface area (Å²) in [6, 6.07) is 10.2. The van der Waals surface area contributed by atoms with Crippen LogP contribution in [-0.4, -0.2) is 49.2 Å². The second kappa shape index (κ2) is 8.54. The molecule has 9 nitrogen and oxygen atoms in total. The first-order valence-corrected chi connectivity index (χ1v) is 11.5. The third-order valence-corrected chi connectivity index (χ3v) is 6.68. The Morgan fingerprint density at radius 1 is 1.23 bits per heavy atom. The fourth-order valence-corrected chi connectivity index (χ4v) is 4.88. The minimum atomic E-state index is -0.0276. The number of thiazole rings is 1. The molecule has 4 aromatic rings. The van der Waals surface area contributed by atoms with Crippen LogP contribution in [0.4, 0.5) is 10.9 Å². The molecule has 1 aliphatic heterocycles. The average Bonchev–Trinajstić information content (AvgIpc) is 3.43. The molecule has 0 saturated carbocycles. The lowest BCUT2D eigenvalue weighted by Crippen LogP contribution is -2.38. The number of aryl methyl sites for hydroxylation is 1.